The lowest BCUT2D eigenvalue weighted by atomic mass is 9.87. The van der Waals surface area contributed by atoms with Gasteiger partial charge in [-0.05, 0) is 30.0 Å². The van der Waals surface area contributed by atoms with Crippen molar-refractivity contribution in [2.75, 3.05) is 7.11 Å². The first-order valence-electron chi connectivity index (χ1n) is 6.59. The number of ether oxygens (including phenoxy) is 1. The van der Waals surface area contributed by atoms with E-state index in [4.69, 9.17) is 0 Å². The zero-order chi connectivity index (χ0) is 15.5. The van der Waals surface area contributed by atoms with Gasteiger partial charge in [0.25, 0.3) is 0 Å². The summed E-state index contributed by atoms with van der Waals surface area (Å²) in [5, 5.41) is 9.99. The van der Waals surface area contributed by atoms with Crippen molar-refractivity contribution in [2.24, 2.45) is 5.41 Å². The van der Waals surface area contributed by atoms with Crippen molar-refractivity contribution in [1.29, 1.82) is 0 Å². The van der Waals surface area contributed by atoms with Gasteiger partial charge in [-0.15, -0.1) is 0 Å². The number of hydrogen-bond acceptors (Lipinski definition) is 4. The molecule has 20 heavy (non-hydrogen) atoms. The Kier molecular flexibility index (Phi) is 4.93. The fourth-order valence-corrected chi connectivity index (χ4v) is 1.94. The molecule has 0 heterocycles. The van der Waals surface area contributed by atoms with Crippen molar-refractivity contribution in [1.82, 2.24) is 0 Å². The lowest BCUT2D eigenvalue weighted by Crippen LogP contribution is -2.14. The summed E-state index contributed by atoms with van der Waals surface area (Å²) in [5.74, 6) is -1.05. The molecule has 1 N–H and O–H groups in total. The fourth-order valence-electron chi connectivity index (χ4n) is 1.94. The van der Waals surface area contributed by atoms with Crippen LogP contribution in [0.5, 0.6) is 5.75 Å². The van der Waals surface area contributed by atoms with Crippen LogP contribution in [0.15, 0.2) is 18.2 Å². The van der Waals surface area contributed by atoms with Crippen LogP contribution in [0.1, 0.15) is 56.0 Å². The molecule has 1 rings (SSSR count). The molecule has 0 radical (unpaired) electrons. The van der Waals surface area contributed by atoms with Gasteiger partial charge >= 0.3 is 5.97 Å². The van der Waals surface area contributed by atoms with Crippen LogP contribution in [0.3, 0.4) is 0 Å². The number of rotatable bonds is 4. The number of hydrogen-bond donors (Lipinski definition) is 1. The molecule has 1 aromatic carbocycles. The molecular formula is C16H22O4. The summed E-state index contributed by atoms with van der Waals surface area (Å²) >= 11 is 0. The van der Waals surface area contributed by atoms with Crippen molar-refractivity contribution >= 4 is 11.8 Å². The number of Topliss-reactive ketones (excluding diaryl/α,β-unsaturated/α-hetero) is 1. The Morgan fingerprint density at radius 3 is 2.35 bits per heavy atom. The second-order valence-electron chi connectivity index (χ2n) is 6.18. The first kappa shape index (κ1) is 16.2. The molecule has 1 atom stereocenters. The minimum absolute atomic E-state index is 0.0903. The van der Waals surface area contributed by atoms with E-state index < -0.39 is 5.92 Å². The van der Waals surface area contributed by atoms with Gasteiger partial charge in [0.15, 0.2) is 5.78 Å². The van der Waals surface area contributed by atoms with Crippen molar-refractivity contribution in [2.45, 2.75) is 40.0 Å². The quantitative estimate of drug-likeness (QED) is 0.678. The van der Waals surface area contributed by atoms with Gasteiger partial charge in [-0.2, -0.15) is 0 Å². The lowest BCUT2D eigenvalue weighted by molar-refractivity contribution is -0.141. The predicted molar refractivity (Wildman–Crippen MR) is 76.9 cm³/mol. The van der Waals surface area contributed by atoms with Crippen LogP contribution < -0.4 is 0 Å². The van der Waals surface area contributed by atoms with E-state index in [0.29, 0.717) is 17.5 Å². The number of aromatic hydroxyl groups is 1. The number of phenolic OH excluding ortho intramolecular Hbond substituents is 1. The number of carbonyl (C=O) groups excluding carboxylic acids is 2. The third-order valence-corrected chi connectivity index (χ3v) is 3.07. The maximum Gasteiger partial charge on any atom is 0.312 e. The number of esters is 1. The number of methoxy groups -OCH3 is 1. The molecule has 0 unspecified atom stereocenters. The summed E-state index contributed by atoms with van der Waals surface area (Å²) in [6.45, 7) is 7.60. The molecular weight excluding hydrogens is 256 g/mol. The largest absolute Gasteiger partial charge is 0.507 e. The van der Waals surface area contributed by atoms with Crippen LogP contribution in [0, 0.1) is 5.41 Å². The smallest absolute Gasteiger partial charge is 0.312 e. The molecule has 4 nitrogen and oxygen atoms in total. The Hall–Kier alpha value is -1.84. The van der Waals surface area contributed by atoms with Crippen molar-refractivity contribution in [3.63, 3.8) is 0 Å². The molecule has 0 aliphatic rings. The maximum absolute atomic E-state index is 12.1. The normalized spacial score (nSPS) is 12.8. The Bertz CT molecular complexity index is 512. The average molecular weight is 278 g/mol. The van der Waals surface area contributed by atoms with E-state index in [1.165, 1.54) is 13.2 Å². The molecule has 0 spiro atoms. The van der Waals surface area contributed by atoms with Crippen molar-refractivity contribution in [3.05, 3.63) is 29.3 Å². The van der Waals surface area contributed by atoms with Crippen LogP contribution in [0.4, 0.5) is 0 Å². The van der Waals surface area contributed by atoms with E-state index >= 15 is 0 Å². The molecule has 1 aromatic rings. The molecule has 0 aliphatic carbocycles. The van der Waals surface area contributed by atoms with E-state index in [0.717, 1.165) is 0 Å². The monoisotopic (exact) mass is 278 g/mol. The minimum Gasteiger partial charge on any atom is -0.507 e. The Balaban J connectivity index is 2.99. The molecule has 4 heteroatoms. The third kappa shape index (κ3) is 4.08. The average Bonchev–Trinajstić information content (AvgIpc) is 2.34. The van der Waals surface area contributed by atoms with Gasteiger partial charge in [-0.25, -0.2) is 0 Å². The molecule has 0 saturated heterocycles. The SMILES string of the molecule is COC(=O)[C@H](C)c1ccc(C(=O)CC(C)(C)C)c(O)c1. The summed E-state index contributed by atoms with van der Waals surface area (Å²) in [6, 6.07) is 4.70. The van der Waals surface area contributed by atoms with E-state index in [1.54, 1.807) is 19.1 Å². The molecule has 0 aliphatic heterocycles. The highest BCUT2D eigenvalue weighted by molar-refractivity contribution is 5.99. The number of benzene rings is 1. The van der Waals surface area contributed by atoms with Gasteiger partial charge in [-0.3, -0.25) is 9.59 Å². The zero-order valence-electron chi connectivity index (χ0n) is 12.7. The summed E-state index contributed by atoms with van der Waals surface area (Å²) in [5.41, 5.74) is 0.781. The second kappa shape index (κ2) is 6.07. The Labute approximate surface area is 119 Å². The van der Waals surface area contributed by atoms with E-state index in [1.807, 2.05) is 20.8 Å². The topological polar surface area (TPSA) is 63.6 Å². The zero-order valence-corrected chi connectivity index (χ0v) is 12.7. The fraction of sp³-hybridized carbons (Fsp3) is 0.500. The minimum atomic E-state index is -0.474. The first-order valence-corrected chi connectivity index (χ1v) is 6.59. The van der Waals surface area contributed by atoms with Gasteiger partial charge in [0.05, 0.1) is 18.6 Å². The highest BCUT2D eigenvalue weighted by atomic mass is 16.5. The van der Waals surface area contributed by atoms with Crippen LogP contribution in [0.25, 0.3) is 0 Å². The second-order valence-corrected chi connectivity index (χ2v) is 6.18. The molecule has 110 valence electrons. The molecule has 0 fully saturated rings. The highest BCUT2D eigenvalue weighted by Crippen LogP contribution is 2.28. The van der Waals surface area contributed by atoms with E-state index in [9.17, 15) is 14.7 Å². The number of phenols is 1. The summed E-state index contributed by atoms with van der Waals surface area (Å²) in [4.78, 5) is 23.6. The van der Waals surface area contributed by atoms with Crippen molar-refractivity contribution < 1.29 is 19.4 Å². The lowest BCUT2D eigenvalue weighted by Gasteiger charge is -2.17. The summed E-state index contributed by atoms with van der Waals surface area (Å²) in [7, 11) is 1.32. The van der Waals surface area contributed by atoms with Crippen LogP contribution >= 0.6 is 0 Å². The molecule has 0 amide bonds. The first-order chi connectivity index (χ1) is 9.15. The van der Waals surface area contributed by atoms with Gasteiger partial charge in [0.1, 0.15) is 5.75 Å². The van der Waals surface area contributed by atoms with Crippen molar-refractivity contribution in [3.8, 4) is 5.75 Å². The van der Waals surface area contributed by atoms with Gasteiger partial charge < -0.3 is 9.84 Å². The van der Waals surface area contributed by atoms with E-state index in [2.05, 4.69) is 4.74 Å². The molecule has 0 bridgehead atoms. The summed E-state index contributed by atoms with van der Waals surface area (Å²) in [6.07, 6.45) is 0.354. The summed E-state index contributed by atoms with van der Waals surface area (Å²) < 4.78 is 4.66. The number of ketones is 1. The predicted octanol–water partition coefficient (Wildman–Crippen LogP) is 3.29. The molecule has 0 saturated carbocycles. The van der Waals surface area contributed by atoms with Crippen LogP contribution in [-0.2, 0) is 9.53 Å². The number of carbonyl (C=O) groups is 2. The Morgan fingerprint density at radius 2 is 1.90 bits per heavy atom. The maximum atomic E-state index is 12.1. The van der Waals surface area contributed by atoms with E-state index in [-0.39, 0.29) is 22.9 Å². The van der Waals surface area contributed by atoms with Gasteiger partial charge in [-0.1, -0.05) is 26.8 Å². The highest BCUT2D eigenvalue weighted by Gasteiger charge is 2.22. The standard InChI is InChI=1S/C16H22O4/c1-10(15(19)20-5)11-6-7-12(13(17)8-11)14(18)9-16(2,3)4/h6-8,10,17H,9H2,1-5H3/t10-/m1/s1. The van der Waals surface area contributed by atoms with Crippen LogP contribution in [0.2, 0.25) is 0 Å². The van der Waals surface area contributed by atoms with Gasteiger partial charge in [0, 0.05) is 6.42 Å². The van der Waals surface area contributed by atoms with Crippen LogP contribution in [-0.4, -0.2) is 24.0 Å². The van der Waals surface area contributed by atoms with Gasteiger partial charge in [0.2, 0.25) is 0 Å². The third-order valence-electron chi connectivity index (χ3n) is 3.07. The molecule has 0 aromatic heterocycles. The Morgan fingerprint density at radius 1 is 1.30 bits per heavy atom.